The molecular weight excluding hydrogens is 379 g/mol. The van der Waals surface area contributed by atoms with Crippen LogP contribution in [0.5, 0.6) is 0 Å². The largest absolute Gasteiger partial charge is 0.390 e. The van der Waals surface area contributed by atoms with E-state index < -0.39 is 17.2 Å². The lowest BCUT2D eigenvalue weighted by molar-refractivity contribution is -0.189. The molecule has 0 aliphatic heterocycles. The highest BCUT2D eigenvalue weighted by Gasteiger charge is 2.72. The summed E-state index contributed by atoms with van der Waals surface area (Å²) in [5, 5.41) is 11.3. The van der Waals surface area contributed by atoms with Gasteiger partial charge in [-0.05, 0) is 74.5 Å². The first-order valence-corrected chi connectivity index (χ1v) is 12.4. The third kappa shape index (κ3) is 2.34. The molecule has 0 amide bonds. The Morgan fingerprint density at radius 1 is 1.30 bits per heavy atom. The minimum atomic E-state index is -1.69. The van der Waals surface area contributed by atoms with Gasteiger partial charge in [-0.3, -0.25) is 4.79 Å². The molecule has 0 radical (unpaired) electrons. The Balaban J connectivity index is 1.80. The van der Waals surface area contributed by atoms with Crippen LogP contribution in [0, 0.1) is 22.7 Å². The van der Waals surface area contributed by atoms with Crippen molar-refractivity contribution in [2.45, 2.75) is 68.7 Å². The van der Waals surface area contributed by atoms with Crippen LogP contribution in [-0.2, 0) is 4.79 Å². The second kappa shape index (κ2) is 6.37. The Labute approximate surface area is 170 Å². The molecule has 0 aromatic rings. The third-order valence-electron chi connectivity index (χ3n) is 8.39. The van der Waals surface area contributed by atoms with E-state index in [0.717, 1.165) is 37.0 Å². The topological polar surface area (TPSA) is 37.3 Å². The fourth-order valence-corrected chi connectivity index (χ4v) is 10.2. The molecule has 4 rings (SSSR count). The van der Waals surface area contributed by atoms with Crippen molar-refractivity contribution in [3.63, 3.8) is 0 Å². The fourth-order valence-electron chi connectivity index (χ4n) is 7.02. The molecule has 3 fully saturated rings. The highest BCUT2D eigenvalue weighted by Crippen LogP contribution is 2.73. The maximum atomic E-state index is 16.9. The molecule has 0 saturated heterocycles. The van der Waals surface area contributed by atoms with E-state index in [1.165, 1.54) is 6.08 Å². The molecule has 0 bridgehead atoms. The minimum Gasteiger partial charge on any atom is -0.390 e. The van der Waals surface area contributed by atoms with Gasteiger partial charge >= 0.3 is 0 Å². The summed E-state index contributed by atoms with van der Waals surface area (Å²) in [5.74, 6) is 1.11. The van der Waals surface area contributed by atoms with Crippen LogP contribution in [0.15, 0.2) is 23.8 Å². The van der Waals surface area contributed by atoms with Crippen molar-refractivity contribution < 1.29 is 14.3 Å². The lowest BCUT2D eigenvalue weighted by atomic mass is 9.46. The molecule has 1 N–H and O–H groups in total. The molecule has 4 aliphatic carbocycles. The second-order valence-electron chi connectivity index (χ2n) is 9.19. The van der Waals surface area contributed by atoms with Gasteiger partial charge in [-0.2, -0.15) is 0 Å². The monoisotopic (exact) mass is 410 g/mol. The SMILES string of the molecule is CCS[C@]1(SC)CCC2C3CCC4=CC(=O)C=C[C@]4(C)[C@@]3(F)[C@@H](O)C[C@@]21C. The summed E-state index contributed by atoms with van der Waals surface area (Å²) in [6.45, 7) is 6.40. The van der Waals surface area contributed by atoms with Crippen LogP contribution in [0.2, 0.25) is 0 Å². The minimum absolute atomic E-state index is 0.0544. The van der Waals surface area contributed by atoms with Gasteiger partial charge in [-0.25, -0.2) is 4.39 Å². The van der Waals surface area contributed by atoms with Gasteiger partial charge in [0.1, 0.15) is 0 Å². The number of halogens is 1. The van der Waals surface area contributed by atoms with Gasteiger partial charge in [0, 0.05) is 11.3 Å². The summed E-state index contributed by atoms with van der Waals surface area (Å²) < 4.78 is 17.0. The smallest absolute Gasteiger partial charge is 0.178 e. The summed E-state index contributed by atoms with van der Waals surface area (Å²) in [6.07, 6.45) is 10.2. The van der Waals surface area contributed by atoms with Crippen LogP contribution >= 0.6 is 23.5 Å². The van der Waals surface area contributed by atoms with Crippen molar-refractivity contribution in [3.8, 4) is 0 Å². The van der Waals surface area contributed by atoms with Gasteiger partial charge in [0.15, 0.2) is 11.5 Å². The number of carbonyl (C=O) groups excluding carboxylic acids is 1. The first kappa shape index (κ1) is 20.0. The normalized spacial score (nSPS) is 51.4. The Morgan fingerprint density at radius 2 is 2.04 bits per heavy atom. The van der Waals surface area contributed by atoms with E-state index in [1.54, 1.807) is 12.2 Å². The predicted octanol–water partition coefficient (Wildman–Crippen LogP) is 5.17. The van der Waals surface area contributed by atoms with Crippen molar-refractivity contribution in [2.75, 3.05) is 12.0 Å². The Kier molecular flexibility index (Phi) is 4.72. The summed E-state index contributed by atoms with van der Waals surface area (Å²) in [5.41, 5.74) is -1.76. The zero-order valence-electron chi connectivity index (χ0n) is 16.8. The molecule has 3 saturated carbocycles. The molecule has 0 aromatic carbocycles. The van der Waals surface area contributed by atoms with Crippen LogP contribution in [0.1, 0.15) is 52.9 Å². The highest BCUT2D eigenvalue weighted by atomic mass is 32.2. The standard InChI is InChI=1S/C22H31FO2S2/c1-5-27-21(26-4)11-9-16-17-7-6-14-12-15(24)8-10-19(14,2)22(17,23)18(25)13-20(16,21)3/h8,10,12,16-18,25H,5-7,9,11,13H2,1-4H3/t16?,17?,18-,19-,20-,21+,22-/m0/s1. The van der Waals surface area contributed by atoms with E-state index in [-0.39, 0.29) is 27.1 Å². The summed E-state index contributed by atoms with van der Waals surface area (Å²) in [7, 11) is 0. The predicted molar refractivity (Wildman–Crippen MR) is 113 cm³/mol. The van der Waals surface area contributed by atoms with Gasteiger partial charge in [0.2, 0.25) is 0 Å². The van der Waals surface area contributed by atoms with Crippen molar-refractivity contribution in [1.29, 1.82) is 0 Å². The fraction of sp³-hybridized carbons (Fsp3) is 0.773. The van der Waals surface area contributed by atoms with Gasteiger partial charge < -0.3 is 5.11 Å². The molecule has 2 unspecified atom stereocenters. The number of allylic oxidation sites excluding steroid dienone is 4. The molecule has 4 aliphatic rings. The number of fused-ring (bicyclic) bond motifs is 5. The van der Waals surface area contributed by atoms with Crippen molar-refractivity contribution in [3.05, 3.63) is 23.8 Å². The summed E-state index contributed by atoms with van der Waals surface area (Å²) in [6, 6.07) is 0. The lowest BCUT2D eigenvalue weighted by Crippen LogP contribution is -2.67. The van der Waals surface area contributed by atoms with Gasteiger partial charge in [-0.15, -0.1) is 23.5 Å². The van der Waals surface area contributed by atoms with E-state index in [2.05, 4.69) is 20.1 Å². The van der Waals surface area contributed by atoms with E-state index >= 15 is 4.39 Å². The molecule has 0 heterocycles. The lowest BCUT2D eigenvalue weighted by Gasteiger charge is -2.63. The number of ketones is 1. The van der Waals surface area contributed by atoms with Gasteiger partial charge in [0.05, 0.1) is 10.2 Å². The summed E-state index contributed by atoms with van der Waals surface area (Å²) >= 11 is 3.90. The maximum absolute atomic E-state index is 16.9. The Hall–Kier alpha value is -0.260. The number of rotatable bonds is 3. The first-order chi connectivity index (χ1) is 12.7. The number of alkyl halides is 1. The van der Waals surface area contributed by atoms with Crippen LogP contribution in [0.4, 0.5) is 4.39 Å². The van der Waals surface area contributed by atoms with Crippen LogP contribution in [0.25, 0.3) is 0 Å². The van der Waals surface area contributed by atoms with Gasteiger partial charge in [0.25, 0.3) is 0 Å². The van der Waals surface area contributed by atoms with Crippen molar-refractivity contribution in [1.82, 2.24) is 0 Å². The molecule has 5 heteroatoms. The van der Waals surface area contributed by atoms with E-state index in [9.17, 15) is 9.90 Å². The first-order valence-electron chi connectivity index (χ1n) is 10.2. The number of carbonyl (C=O) groups is 1. The maximum Gasteiger partial charge on any atom is 0.178 e. The number of aliphatic hydroxyl groups is 1. The van der Waals surface area contributed by atoms with E-state index in [1.807, 2.05) is 30.4 Å². The third-order valence-corrected chi connectivity index (χ3v) is 12.0. The number of hydrogen-bond acceptors (Lipinski definition) is 4. The molecule has 0 spiro atoms. The van der Waals surface area contributed by atoms with Crippen molar-refractivity contribution >= 4 is 29.3 Å². The number of aliphatic hydroxyl groups excluding tert-OH is 1. The van der Waals surface area contributed by atoms with E-state index in [0.29, 0.717) is 6.42 Å². The zero-order chi connectivity index (χ0) is 19.7. The molecular formula is C22H31FO2S2. The molecule has 27 heavy (non-hydrogen) atoms. The molecule has 2 nitrogen and oxygen atoms in total. The van der Waals surface area contributed by atoms with E-state index in [4.69, 9.17) is 0 Å². The summed E-state index contributed by atoms with van der Waals surface area (Å²) in [4.78, 5) is 11.9. The average molecular weight is 411 g/mol. The average Bonchev–Trinajstić information content (AvgIpc) is 2.90. The van der Waals surface area contributed by atoms with Crippen LogP contribution < -0.4 is 0 Å². The highest BCUT2D eigenvalue weighted by molar-refractivity contribution is 8.18. The Morgan fingerprint density at radius 3 is 2.70 bits per heavy atom. The number of thioether (sulfide) groups is 2. The second-order valence-corrected chi connectivity index (χ2v) is 12.1. The Bertz CT molecular complexity index is 721. The molecule has 150 valence electrons. The van der Waals surface area contributed by atoms with Crippen LogP contribution in [0.3, 0.4) is 0 Å². The quantitative estimate of drug-likeness (QED) is 0.651. The molecule has 0 aromatic heterocycles. The molecule has 7 atom stereocenters. The van der Waals surface area contributed by atoms with Gasteiger partial charge in [-0.1, -0.05) is 25.5 Å². The van der Waals surface area contributed by atoms with Crippen molar-refractivity contribution in [2.24, 2.45) is 22.7 Å². The number of hydrogen-bond donors (Lipinski definition) is 1. The van der Waals surface area contributed by atoms with Crippen LogP contribution in [-0.4, -0.2) is 38.8 Å². The zero-order valence-corrected chi connectivity index (χ0v) is 18.4.